The van der Waals surface area contributed by atoms with Gasteiger partial charge in [0.25, 0.3) is 0 Å². The van der Waals surface area contributed by atoms with E-state index in [1.807, 2.05) is 26.3 Å². The standard InChI is InChI=1S/C14H26N2O3S/c1-11-13(20-10-16-11)4-5-19-7-12(18)6-15-8-14(2,3)9-17/h10,12,15,17-18H,4-9H2,1-3H3. The molecule has 0 amide bonds. The summed E-state index contributed by atoms with van der Waals surface area (Å²) in [5.74, 6) is 0. The van der Waals surface area contributed by atoms with Gasteiger partial charge < -0.3 is 20.3 Å². The number of nitrogens with zero attached hydrogens (tertiary/aromatic N) is 1. The summed E-state index contributed by atoms with van der Waals surface area (Å²) in [5.41, 5.74) is 2.74. The van der Waals surface area contributed by atoms with Crippen molar-refractivity contribution in [2.45, 2.75) is 33.3 Å². The van der Waals surface area contributed by atoms with Crippen LogP contribution in [0.15, 0.2) is 5.51 Å². The first-order chi connectivity index (χ1) is 9.44. The number of hydrogen-bond acceptors (Lipinski definition) is 6. The van der Waals surface area contributed by atoms with E-state index in [4.69, 9.17) is 9.84 Å². The van der Waals surface area contributed by atoms with Crippen molar-refractivity contribution in [3.8, 4) is 0 Å². The minimum atomic E-state index is -0.521. The minimum absolute atomic E-state index is 0.126. The highest BCUT2D eigenvalue weighted by Crippen LogP contribution is 2.12. The first-order valence-electron chi connectivity index (χ1n) is 6.91. The molecule has 0 aromatic carbocycles. The highest BCUT2D eigenvalue weighted by atomic mass is 32.1. The number of thiazole rings is 1. The molecule has 1 unspecified atom stereocenters. The molecule has 0 aliphatic heterocycles. The molecule has 6 heteroatoms. The van der Waals surface area contributed by atoms with Gasteiger partial charge in [0.2, 0.25) is 0 Å². The van der Waals surface area contributed by atoms with E-state index in [-0.39, 0.29) is 12.0 Å². The van der Waals surface area contributed by atoms with Crippen molar-refractivity contribution in [1.29, 1.82) is 0 Å². The van der Waals surface area contributed by atoms with Crippen LogP contribution in [-0.2, 0) is 11.2 Å². The maximum atomic E-state index is 9.77. The van der Waals surface area contributed by atoms with Crippen LogP contribution in [0.3, 0.4) is 0 Å². The molecule has 5 nitrogen and oxygen atoms in total. The maximum absolute atomic E-state index is 9.77. The second kappa shape index (κ2) is 8.69. The van der Waals surface area contributed by atoms with Crippen LogP contribution in [0, 0.1) is 12.3 Å². The van der Waals surface area contributed by atoms with E-state index in [2.05, 4.69) is 10.3 Å². The first-order valence-corrected chi connectivity index (χ1v) is 7.79. The summed E-state index contributed by atoms with van der Waals surface area (Å²) in [6.07, 6.45) is 0.320. The van der Waals surface area contributed by atoms with E-state index >= 15 is 0 Å². The second-order valence-corrected chi connectivity index (χ2v) is 6.73. The molecular formula is C14H26N2O3S. The van der Waals surface area contributed by atoms with Crippen molar-refractivity contribution in [2.24, 2.45) is 5.41 Å². The molecule has 1 atom stereocenters. The molecule has 1 aromatic heterocycles. The lowest BCUT2D eigenvalue weighted by Gasteiger charge is -2.23. The molecular weight excluding hydrogens is 276 g/mol. The van der Waals surface area contributed by atoms with Crippen molar-refractivity contribution in [1.82, 2.24) is 10.3 Å². The summed E-state index contributed by atoms with van der Waals surface area (Å²) in [6.45, 7) is 8.13. The normalized spacial score (nSPS) is 13.7. The Labute approximate surface area is 125 Å². The van der Waals surface area contributed by atoms with Gasteiger partial charge in [-0.05, 0) is 6.92 Å². The molecule has 1 rings (SSSR count). The first kappa shape index (κ1) is 17.5. The Kier molecular flexibility index (Phi) is 7.61. The van der Waals surface area contributed by atoms with Crippen LogP contribution in [0.2, 0.25) is 0 Å². The van der Waals surface area contributed by atoms with Crippen molar-refractivity contribution in [3.05, 3.63) is 16.1 Å². The van der Waals surface area contributed by atoms with Crippen LogP contribution in [-0.4, -0.2) is 54.2 Å². The SMILES string of the molecule is Cc1ncsc1CCOCC(O)CNCC(C)(C)CO. The summed E-state index contributed by atoms with van der Waals surface area (Å²) in [4.78, 5) is 5.42. The van der Waals surface area contributed by atoms with Gasteiger partial charge in [-0.2, -0.15) is 0 Å². The van der Waals surface area contributed by atoms with E-state index in [9.17, 15) is 5.11 Å². The molecule has 1 aromatic rings. The molecule has 0 aliphatic rings. The maximum Gasteiger partial charge on any atom is 0.0897 e. The zero-order valence-electron chi connectivity index (χ0n) is 12.6. The third-order valence-corrected chi connectivity index (χ3v) is 4.03. The third kappa shape index (κ3) is 6.76. The zero-order chi connectivity index (χ0) is 15.0. The number of rotatable bonds is 10. The zero-order valence-corrected chi connectivity index (χ0v) is 13.4. The van der Waals surface area contributed by atoms with E-state index in [0.717, 1.165) is 12.1 Å². The Morgan fingerprint density at radius 2 is 2.25 bits per heavy atom. The fourth-order valence-electron chi connectivity index (χ4n) is 1.64. The van der Waals surface area contributed by atoms with Gasteiger partial charge in [-0.25, -0.2) is 4.98 Å². The molecule has 3 N–H and O–H groups in total. The number of ether oxygens (including phenoxy) is 1. The van der Waals surface area contributed by atoms with Crippen molar-refractivity contribution in [2.75, 3.05) is 32.9 Å². The summed E-state index contributed by atoms with van der Waals surface area (Å²) in [7, 11) is 0. The van der Waals surface area contributed by atoms with Crippen LogP contribution < -0.4 is 5.32 Å². The summed E-state index contributed by atoms with van der Waals surface area (Å²) >= 11 is 1.64. The predicted molar refractivity (Wildman–Crippen MR) is 81.1 cm³/mol. The average Bonchev–Trinajstić information content (AvgIpc) is 2.80. The molecule has 0 radical (unpaired) electrons. The Balaban J connectivity index is 2.06. The number of hydrogen-bond donors (Lipinski definition) is 3. The molecule has 0 aliphatic carbocycles. The van der Waals surface area contributed by atoms with E-state index < -0.39 is 6.10 Å². The molecule has 116 valence electrons. The fourth-order valence-corrected chi connectivity index (χ4v) is 2.40. The van der Waals surface area contributed by atoms with Crippen LogP contribution >= 0.6 is 11.3 Å². The highest BCUT2D eigenvalue weighted by Gasteiger charge is 2.16. The minimum Gasteiger partial charge on any atom is -0.396 e. The Morgan fingerprint density at radius 1 is 1.50 bits per heavy atom. The van der Waals surface area contributed by atoms with Gasteiger partial charge in [-0.15, -0.1) is 11.3 Å². The number of aliphatic hydroxyl groups is 2. The lowest BCUT2D eigenvalue weighted by molar-refractivity contribution is 0.0363. The monoisotopic (exact) mass is 302 g/mol. The molecule has 1 heterocycles. The Hall–Kier alpha value is -0.530. The molecule has 0 saturated heterocycles. The van der Waals surface area contributed by atoms with Crippen LogP contribution in [0.4, 0.5) is 0 Å². The van der Waals surface area contributed by atoms with Gasteiger partial charge in [-0.3, -0.25) is 0 Å². The van der Waals surface area contributed by atoms with E-state index in [1.165, 1.54) is 4.88 Å². The molecule has 0 saturated carbocycles. The largest absolute Gasteiger partial charge is 0.396 e. The van der Waals surface area contributed by atoms with Gasteiger partial charge in [0.05, 0.1) is 30.5 Å². The average molecular weight is 302 g/mol. The van der Waals surface area contributed by atoms with E-state index in [0.29, 0.717) is 26.3 Å². The molecule has 0 spiro atoms. The van der Waals surface area contributed by atoms with E-state index in [1.54, 1.807) is 11.3 Å². The van der Waals surface area contributed by atoms with Gasteiger partial charge in [0.1, 0.15) is 0 Å². The lowest BCUT2D eigenvalue weighted by atomic mass is 9.95. The number of aromatic nitrogens is 1. The summed E-state index contributed by atoms with van der Waals surface area (Å²) in [6, 6.07) is 0. The van der Waals surface area contributed by atoms with Gasteiger partial charge in [0.15, 0.2) is 0 Å². The smallest absolute Gasteiger partial charge is 0.0897 e. The Bertz CT molecular complexity index is 382. The van der Waals surface area contributed by atoms with Gasteiger partial charge >= 0.3 is 0 Å². The molecule has 0 fully saturated rings. The second-order valence-electron chi connectivity index (χ2n) is 5.79. The predicted octanol–water partition coefficient (Wildman–Crippen LogP) is 0.980. The van der Waals surface area contributed by atoms with Gasteiger partial charge in [-0.1, -0.05) is 13.8 Å². The number of aryl methyl sites for hydroxylation is 1. The Morgan fingerprint density at radius 3 is 2.85 bits per heavy atom. The van der Waals surface area contributed by atoms with Crippen LogP contribution in [0.1, 0.15) is 24.4 Å². The topological polar surface area (TPSA) is 74.6 Å². The van der Waals surface area contributed by atoms with Crippen molar-refractivity contribution >= 4 is 11.3 Å². The summed E-state index contributed by atoms with van der Waals surface area (Å²) < 4.78 is 5.47. The molecule has 0 bridgehead atoms. The lowest BCUT2D eigenvalue weighted by Crippen LogP contribution is -2.38. The van der Waals surface area contributed by atoms with Crippen LogP contribution in [0.5, 0.6) is 0 Å². The quantitative estimate of drug-likeness (QED) is 0.562. The van der Waals surface area contributed by atoms with Crippen LogP contribution in [0.25, 0.3) is 0 Å². The molecule has 20 heavy (non-hydrogen) atoms. The van der Waals surface area contributed by atoms with Gasteiger partial charge in [0, 0.05) is 36.4 Å². The number of aliphatic hydroxyl groups excluding tert-OH is 2. The summed E-state index contributed by atoms with van der Waals surface area (Å²) in [5, 5.41) is 22.0. The van der Waals surface area contributed by atoms with Crippen molar-refractivity contribution in [3.63, 3.8) is 0 Å². The third-order valence-electron chi connectivity index (χ3n) is 3.04. The van der Waals surface area contributed by atoms with Crippen molar-refractivity contribution < 1.29 is 14.9 Å². The highest BCUT2D eigenvalue weighted by molar-refractivity contribution is 7.09. The number of nitrogens with one attached hydrogen (secondary N) is 1. The fraction of sp³-hybridized carbons (Fsp3) is 0.786.